The van der Waals surface area contributed by atoms with Gasteiger partial charge in [-0.2, -0.15) is 0 Å². The highest BCUT2D eigenvalue weighted by molar-refractivity contribution is 6.20. The fourth-order valence-corrected chi connectivity index (χ4v) is 4.69. The highest BCUT2D eigenvalue weighted by Crippen LogP contribution is 2.44. The summed E-state index contributed by atoms with van der Waals surface area (Å²) < 4.78 is 22.6. The molecule has 4 aromatic rings. The Bertz CT molecular complexity index is 1550. The Morgan fingerprint density at radius 2 is 1.63 bits per heavy atom. The first kappa shape index (κ1) is 25.0. The van der Waals surface area contributed by atoms with Crippen molar-refractivity contribution < 1.29 is 33.3 Å². The Morgan fingerprint density at radius 3 is 2.34 bits per heavy atom. The van der Waals surface area contributed by atoms with Gasteiger partial charge in [-0.05, 0) is 55.8 Å². The molecule has 0 saturated heterocycles. The summed E-state index contributed by atoms with van der Waals surface area (Å²) in [5.74, 6) is -0.370. The van der Waals surface area contributed by atoms with Crippen molar-refractivity contribution in [2.45, 2.75) is 19.9 Å². The van der Waals surface area contributed by atoms with Gasteiger partial charge in [0.15, 0.2) is 22.9 Å². The van der Waals surface area contributed by atoms with E-state index in [9.17, 15) is 14.7 Å². The number of ether oxygens (including phenoxy) is 3. The highest BCUT2D eigenvalue weighted by Gasteiger charge is 2.45. The van der Waals surface area contributed by atoms with Gasteiger partial charge in [-0.3, -0.25) is 14.5 Å². The third-order valence-electron chi connectivity index (χ3n) is 6.30. The summed E-state index contributed by atoms with van der Waals surface area (Å²) in [7, 11) is 1.51. The molecule has 1 N–H and O–H groups in total. The van der Waals surface area contributed by atoms with Gasteiger partial charge in [0.1, 0.15) is 11.5 Å². The van der Waals surface area contributed by atoms with Crippen LogP contribution in [0, 0.1) is 0 Å². The molecule has 8 heteroatoms. The summed E-state index contributed by atoms with van der Waals surface area (Å²) in [5, 5.41) is 11.8. The molecule has 0 aliphatic carbocycles. The Morgan fingerprint density at radius 1 is 0.947 bits per heavy atom. The second-order valence-corrected chi connectivity index (χ2v) is 8.59. The smallest absolute Gasteiger partial charge is 0.294 e. The Hall–Kier alpha value is -4.72. The summed E-state index contributed by atoms with van der Waals surface area (Å²) in [6.45, 7) is 4.62. The SMILES string of the molecule is CCOc1cccc(C2C(C(=O)c3cc4cccc(OC)c4o3)=C(O)C(=O)N2c2cccc(OCC)c2)c1. The van der Waals surface area contributed by atoms with E-state index in [1.54, 1.807) is 72.8 Å². The molecule has 5 rings (SSSR count). The van der Waals surface area contributed by atoms with Crippen molar-refractivity contribution in [2.24, 2.45) is 0 Å². The van der Waals surface area contributed by atoms with Crippen molar-refractivity contribution in [3.05, 3.63) is 95.5 Å². The number of para-hydroxylation sites is 1. The Kier molecular flexibility index (Phi) is 6.79. The number of benzene rings is 3. The lowest BCUT2D eigenvalue weighted by Gasteiger charge is -2.27. The lowest BCUT2D eigenvalue weighted by molar-refractivity contribution is -0.117. The largest absolute Gasteiger partial charge is 0.503 e. The molecule has 1 aliphatic rings. The minimum absolute atomic E-state index is 0.0188. The number of rotatable bonds is 9. The van der Waals surface area contributed by atoms with E-state index in [4.69, 9.17) is 18.6 Å². The molecule has 2 heterocycles. The number of Topliss-reactive ketones (excluding diaryl/α,β-unsaturated/α-hetero) is 1. The second-order valence-electron chi connectivity index (χ2n) is 8.59. The summed E-state index contributed by atoms with van der Waals surface area (Å²) in [5.41, 5.74) is 1.36. The van der Waals surface area contributed by atoms with Crippen molar-refractivity contribution in [3.8, 4) is 17.2 Å². The van der Waals surface area contributed by atoms with Crippen LogP contribution in [0.15, 0.2) is 88.5 Å². The van der Waals surface area contributed by atoms with E-state index in [1.165, 1.54) is 12.0 Å². The molecule has 1 amide bonds. The van der Waals surface area contributed by atoms with E-state index in [0.29, 0.717) is 52.7 Å². The first-order chi connectivity index (χ1) is 18.5. The number of carbonyl (C=O) groups excluding carboxylic acids is 2. The third kappa shape index (κ3) is 4.34. The molecule has 1 atom stereocenters. The first-order valence-electron chi connectivity index (χ1n) is 12.3. The molecule has 0 spiro atoms. The normalized spacial score (nSPS) is 15.3. The summed E-state index contributed by atoms with van der Waals surface area (Å²) >= 11 is 0. The fourth-order valence-electron chi connectivity index (χ4n) is 4.69. The van der Waals surface area contributed by atoms with E-state index in [-0.39, 0.29) is 11.3 Å². The summed E-state index contributed by atoms with van der Waals surface area (Å²) in [6.07, 6.45) is 0. The molecule has 1 aliphatic heterocycles. The van der Waals surface area contributed by atoms with Gasteiger partial charge < -0.3 is 23.7 Å². The molecule has 38 heavy (non-hydrogen) atoms. The number of anilines is 1. The number of methoxy groups -OCH3 is 1. The van der Waals surface area contributed by atoms with Crippen LogP contribution in [0.3, 0.4) is 0 Å². The second kappa shape index (κ2) is 10.3. The zero-order valence-electron chi connectivity index (χ0n) is 21.3. The van der Waals surface area contributed by atoms with Crippen LogP contribution in [0.25, 0.3) is 11.0 Å². The van der Waals surface area contributed by atoms with Crippen molar-refractivity contribution in [1.29, 1.82) is 0 Å². The van der Waals surface area contributed by atoms with Crippen LogP contribution in [0.5, 0.6) is 17.2 Å². The first-order valence-corrected chi connectivity index (χ1v) is 12.3. The van der Waals surface area contributed by atoms with Gasteiger partial charge in [-0.15, -0.1) is 0 Å². The summed E-state index contributed by atoms with van der Waals surface area (Å²) in [6, 6.07) is 20.0. The van der Waals surface area contributed by atoms with Crippen LogP contribution >= 0.6 is 0 Å². The molecular weight excluding hydrogens is 486 g/mol. The molecule has 0 radical (unpaired) electrons. The lowest BCUT2D eigenvalue weighted by atomic mass is 9.94. The van der Waals surface area contributed by atoms with Gasteiger partial charge in [0.05, 0.1) is 31.9 Å². The average molecular weight is 514 g/mol. The molecule has 8 nitrogen and oxygen atoms in total. The van der Waals surface area contributed by atoms with Crippen LogP contribution in [0.2, 0.25) is 0 Å². The number of fused-ring (bicyclic) bond motifs is 1. The highest BCUT2D eigenvalue weighted by atomic mass is 16.5. The molecule has 0 fully saturated rings. The molecule has 1 aromatic heterocycles. The number of aliphatic hydroxyl groups is 1. The molecule has 3 aromatic carbocycles. The number of aliphatic hydroxyl groups excluding tert-OH is 1. The van der Waals surface area contributed by atoms with E-state index in [0.717, 1.165) is 0 Å². The van der Waals surface area contributed by atoms with E-state index in [1.807, 2.05) is 13.8 Å². The number of furan rings is 1. The standard InChI is InChI=1S/C30H27NO7/c1-4-36-21-12-6-9-18(15-21)26-25(27(32)24-16-19-10-7-14-23(35-3)29(19)38-24)28(33)30(34)31(26)20-11-8-13-22(17-20)37-5-2/h6-17,26,33H,4-5H2,1-3H3. The molecule has 1 unspecified atom stereocenters. The van der Waals surface area contributed by atoms with Crippen LogP contribution in [-0.4, -0.2) is 37.1 Å². The van der Waals surface area contributed by atoms with Gasteiger partial charge in [-0.25, -0.2) is 0 Å². The van der Waals surface area contributed by atoms with Gasteiger partial charge in [0.25, 0.3) is 5.91 Å². The maximum atomic E-state index is 13.9. The maximum Gasteiger partial charge on any atom is 0.294 e. The van der Waals surface area contributed by atoms with Crippen LogP contribution in [0.4, 0.5) is 5.69 Å². The number of hydrogen-bond donors (Lipinski definition) is 1. The van der Waals surface area contributed by atoms with Crippen molar-refractivity contribution >= 4 is 28.3 Å². The molecule has 0 saturated carbocycles. The molecule has 0 bridgehead atoms. The Labute approximate surface area is 219 Å². The lowest BCUT2D eigenvalue weighted by Crippen LogP contribution is -2.31. The minimum atomic E-state index is -0.942. The van der Waals surface area contributed by atoms with Gasteiger partial charge >= 0.3 is 0 Å². The predicted molar refractivity (Wildman–Crippen MR) is 142 cm³/mol. The molecule has 194 valence electrons. The molecular formula is C30H27NO7. The number of ketones is 1. The van der Waals surface area contributed by atoms with E-state index >= 15 is 0 Å². The van der Waals surface area contributed by atoms with Crippen molar-refractivity contribution in [3.63, 3.8) is 0 Å². The van der Waals surface area contributed by atoms with E-state index < -0.39 is 23.5 Å². The van der Waals surface area contributed by atoms with Crippen LogP contribution < -0.4 is 19.1 Å². The summed E-state index contributed by atoms with van der Waals surface area (Å²) in [4.78, 5) is 28.8. The zero-order valence-corrected chi connectivity index (χ0v) is 21.3. The van der Waals surface area contributed by atoms with Crippen LogP contribution in [-0.2, 0) is 4.79 Å². The van der Waals surface area contributed by atoms with E-state index in [2.05, 4.69) is 0 Å². The quantitative estimate of drug-likeness (QED) is 0.273. The minimum Gasteiger partial charge on any atom is -0.503 e. The van der Waals surface area contributed by atoms with Gasteiger partial charge in [0, 0.05) is 17.1 Å². The predicted octanol–water partition coefficient (Wildman–Crippen LogP) is 6.02. The van der Waals surface area contributed by atoms with Crippen molar-refractivity contribution in [2.75, 3.05) is 25.2 Å². The fraction of sp³-hybridized carbons (Fsp3) is 0.200. The van der Waals surface area contributed by atoms with Crippen LogP contribution in [0.1, 0.15) is 36.0 Å². The number of hydrogen-bond acceptors (Lipinski definition) is 7. The number of amides is 1. The average Bonchev–Trinajstić information content (AvgIpc) is 3.48. The number of carbonyl (C=O) groups is 2. The number of nitrogens with zero attached hydrogens (tertiary/aromatic N) is 1. The Balaban J connectivity index is 1.65. The monoisotopic (exact) mass is 513 g/mol. The maximum absolute atomic E-state index is 13.9. The van der Waals surface area contributed by atoms with Gasteiger partial charge in [-0.1, -0.05) is 30.3 Å². The topological polar surface area (TPSA) is 98.4 Å². The zero-order chi connectivity index (χ0) is 26.8. The van der Waals surface area contributed by atoms with Gasteiger partial charge in [0.2, 0.25) is 5.78 Å². The third-order valence-corrected chi connectivity index (χ3v) is 6.30. The van der Waals surface area contributed by atoms with Crippen molar-refractivity contribution in [1.82, 2.24) is 0 Å².